The summed E-state index contributed by atoms with van der Waals surface area (Å²) in [5.41, 5.74) is -0.204. The number of rotatable bonds is 6. The molecular formula is C20H18N4O5. The number of hydrogen-bond acceptors (Lipinski definition) is 6. The standard InChI is InChI=1S/C20H18N4O5/c1-29-20(28)14-7-13(9-21)19(27)24(10-14)11-17(25)22-16-4-2-3-12(8-16)18(26)23-15-5-6-15/h2-4,7-8,10,15H,5-6,11H2,1H3,(H,22,25)(H,23,26). The maximum Gasteiger partial charge on any atom is 0.339 e. The number of methoxy groups -OCH3 is 1. The number of nitrogens with one attached hydrogen (secondary N) is 2. The number of ether oxygens (including phenoxy) is 1. The maximum absolute atomic E-state index is 12.4. The average molecular weight is 394 g/mol. The molecule has 9 nitrogen and oxygen atoms in total. The van der Waals surface area contributed by atoms with Crippen LogP contribution in [-0.2, 0) is 16.1 Å². The monoisotopic (exact) mass is 394 g/mol. The van der Waals surface area contributed by atoms with Crippen molar-refractivity contribution < 1.29 is 19.1 Å². The first-order chi connectivity index (χ1) is 13.9. The van der Waals surface area contributed by atoms with Crippen molar-refractivity contribution in [3.8, 4) is 6.07 Å². The molecule has 1 aliphatic rings. The maximum atomic E-state index is 12.4. The number of carbonyl (C=O) groups is 3. The van der Waals surface area contributed by atoms with Crippen LogP contribution >= 0.6 is 0 Å². The molecule has 2 amide bonds. The molecule has 1 fully saturated rings. The molecule has 2 N–H and O–H groups in total. The number of benzene rings is 1. The van der Waals surface area contributed by atoms with Gasteiger partial charge in [0.05, 0.1) is 12.7 Å². The van der Waals surface area contributed by atoms with E-state index < -0.39 is 24.0 Å². The Labute approximate surface area is 165 Å². The van der Waals surface area contributed by atoms with E-state index in [0.29, 0.717) is 11.3 Å². The lowest BCUT2D eigenvalue weighted by Crippen LogP contribution is -2.30. The van der Waals surface area contributed by atoms with Crippen molar-refractivity contribution in [1.29, 1.82) is 5.26 Å². The van der Waals surface area contributed by atoms with Gasteiger partial charge in [-0.2, -0.15) is 5.26 Å². The van der Waals surface area contributed by atoms with Crippen LogP contribution < -0.4 is 16.2 Å². The molecule has 1 aliphatic carbocycles. The van der Waals surface area contributed by atoms with Gasteiger partial charge < -0.3 is 19.9 Å². The summed E-state index contributed by atoms with van der Waals surface area (Å²) in [6.45, 7) is -0.420. The highest BCUT2D eigenvalue weighted by Gasteiger charge is 2.23. The number of anilines is 1. The van der Waals surface area contributed by atoms with Crippen LogP contribution in [0.3, 0.4) is 0 Å². The number of nitrogens with zero attached hydrogens (tertiary/aromatic N) is 2. The van der Waals surface area contributed by atoms with E-state index >= 15 is 0 Å². The van der Waals surface area contributed by atoms with Crippen molar-refractivity contribution in [2.45, 2.75) is 25.4 Å². The normalized spacial score (nSPS) is 12.6. The molecule has 0 unspecified atom stereocenters. The van der Waals surface area contributed by atoms with Gasteiger partial charge in [0.15, 0.2) is 0 Å². The van der Waals surface area contributed by atoms with Crippen molar-refractivity contribution in [2.24, 2.45) is 0 Å². The summed E-state index contributed by atoms with van der Waals surface area (Å²) in [4.78, 5) is 48.5. The summed E-state index contributed by atoms with van der Waals surface area (Å²) in [7, 11) is 1.17. The third kappa shape index (κ3) is 4.87. The highest BCUT2D eigenvalue weighted by atomic mass is 16.5. The quantitative estimate of drug-likeness (QED) is 0.704. The third-order valence-corrected chi connectivity index (χ3v) is 4.26. The van der Waals surface area contributed by atoms with Crippen molar-refractivity contribution in [3.63, 3.8) is 0 Å². The second kappa shape index (κ2) is 8.39. The molecule has 1 heterocycles. The molecule has 29 heavy (non-hydrogen) atoms. The van der Waals surface area contributed by atoms with Gasteiger partial charge in [0.1, 0.15) is 18.2 Å². The van der Waals surface area contributed by atoms with E-state index in [0.717, 1.165) is 29.7 Å². The van der Waals surface area contributed by atoms with Crippen LogP contribution in [0.2, 0.25) is 0 Å². The van der Waals surface area contributed by atoms with Crippen LogP contribution in [0.1, 0.15) is 39.1 Å². The number of amides is 2. The van der Waals surface area contributed by atoms with Crippen molar-refractivity contribution in [2.75, 3.05) is 12.4 Å². The molecule has 9 heteroatoms. The van der Waals surface area contributed by atoms with E-state index in [2.05, 4.69) is 15.4 Å². The third-order valence-electron chi connectivity index (χ3n) is 4.26. The molecule has 148 valence electrons. The minimum atomic E-state index is -0.731. The van der Waals surface area contributed by atoms with Crippen LogP contribution in [0.25, 0.3) is 0 Å². The lowest BCUT2D eigenvalue weighted by atomic mass is 10.2. The van der Waals surface area contributed by atoms with Crippen LogP contribution in [-0.4, -0.2) is 35.5 Å². The SMILES string of the molecule is COC(=O)c1cc(C#N)c(=O)n(CC(=O)Nc2cccc(C(=O)NC3CC3)c2)c1. The summed E-state index contributed by atoms with van der Waals surface area (Å²) in [5, 5.41) is 14.6. The molecule has 1 aromatic heterocycles. The molecule has 0 atom stereocenters. The van der Waals surface area contributed by atoms with E-state index in [1.807, 2.05) is 0 Å². The molecule has 0 saturated heterocycles. The van der Waals surface area contributed by atoms with E-state index in [9.17, 15) is 19.2 Å². The number of esters is 1. The molecular weight excluding hydrogens is 376 g/mol. The predicted octanol–water partition coefficient (Wildman–Crippen LogP) is 1.04. The molecule has 0 radical (unpaired) electrons. The number of nitriles is 1. The molecule has 0 bridgehead atoms. The van der Waals surface area contributed by atoms with Crippen molar-refractivity contribution in [1.82, 2.24) is 9.88 Å². The highest BCUT2D eigenvalue weighted by Crippen LogP contribution is 2.20. The Balaban J connectivity index is 1.75. The number of pyridine rings is 1. The van der Waals surface area contributed by atoms with Gasteiger partial charge in [0.25, 0.3) is 11.5 Å². The summed E-state index contributed by atoms with van der Waals surface area (Å²) in [5.74, 6) is -1.51. The van der Waals surface area contributed by atoms with Crippen LogP contribution in [0.15, 0.2) is 41.3 Å². The molecule has 1 saturated carbocycles. The fourth-order valence-electron chi connectivity index (χ4n) is 2.65. The lowest BCUT2D eigenvalue weighted by molar-refractivity contribution is -0.116. The highest BCUT2D eigenvalue weighted by molar-refractivity contribution is 5.97. The van der Waals surface area contributed by atoms with Crippen LogP contribution in [0.5, 0.6) is 0 Å². The van der Waals surface area contributed by atoms with Crippen LogP contribution in [0.4, 0.5) is 5.69 Å². The predicted molar refractivity (Wildman–Crippen MR) is 102 cm³/mol. The average Bonchev–Trinajstić information content (AvgIpc) is 3.53. The lowest BCUT2D eigenvalue weighted by Gasteiger charge is -2.10. The zero-order valence-corrected chi connectivity index (χ0v) is 15.6. The number of carbonyl (C=O) groups excluding carboxylic acids is 3. The first-order valence-corrected chi connectivity index (χ1v) is 8.85. The summed E-state index contributed by atoms with van der Waals surface area (Å²) < 4.78 is 5.56. The van der Waals surface area contributed by atoms with E-state index in [1.165, 1.54) is 13.2 Å². The van der Waals surface area contributed by atoms with Gasteiger partial charge in [0, 0.05) is 23.5 Å². The fraction of sp³-hybridized carbons (Fsp3) is 0.250. The van der Waals surface area contributed by atoms with Crippen molar-refractivity contribution in [3.05, 3.63) is 63.6 Å². The molecule has 0 aliphatic heterocycles. The molecule has 3 rings (SSSR count). The second-order valence-corrected chi connectivity index (χ2v) is 6.56. The van der Waals surface area contributed by atoms with E-state index in [-0.39, 0.29) is 23.1 Å². The first-order valence-electron chi connectivity index (χ1n) is 8.85. The smallest absolute Gasteiger partial charge is 0.339 e. The van der Waals surface area contributed by atoms with E-state index in [1.54, 1.807) is 24.3 Å². The Morgan fingerprint density at radius 1 is 1.24 bits per heavy atom. The van der Waals surface area contributed by atoms with Gasteiger partial charge in [-0.25, -0.2) is 4.79 Å². The van der Waals surface area contributed by atoms with Gasteiger partial charge in [-0.05, 0) is 37.1 Å². The number of hydrogen-bond donors (Lipinski definition) is 2. The summed E-state index contributed by atoms with van der Waals surface area (Å²) in [6, 6.07) is 9.44. The Morgan fingerprint density at radius 2 is 2.00 bits per heavy atom. The summed E-state index contributed by atoms with van der Waals surface area (Å²) >= 11 is 0. The molecule has 1 aromatic carbocycles. The minimum Gasteiger partial charge on any atom is -0.465 e. The van der Waals surface area contributed by atoms with Crippen molar-refractivity contribution >= 4 is 23.5 Å². The Hall–Kier alpha value is -3.93. The van der Waals surface area contributed by atoms with E-state index in [4.69, 9.17) is 5.26 Å². The van der Waals surface area contributed by atoms with Gasteiger partial charge in [-0.1, -0.05) is 6.07 Å². The fourth-order valence-corrected chi connectivity index (χ4v) is 2.65. The topological polar surface area (TPSA) is 130 Å². The zero-order chi connectivity index (χ0) is 21.0. The Kier molecular flexibility index (Phi) is 5.74. The van der Waals surface area contributed by atoms with Gasteiger partial charge in [-0.15, -0.1) is 0 Å². The Morgan fingerprint density at radius 3 is 2.66 bits per heavy atom. The zero-order valence-electron chi connectivity index (χ0n) is 15.6. The largest absolute Gasteiger partial charge is 0.465 e. The van der Waals surface area contributed by atoms with Gasteiger partial charge in [0.2, 0.25) is 5.91 Å². The number of aromatic nitrogens is 1. The Bertz CT molecular complexity index is 1080. The van der Waals surface area contributed by atoms with Crippen LogP contribution in [0, 0.1) is 11.3 Å². The first kappa shape index (κ1) is 19.8. The van der Waals surface area contributed by atoms with Gasteiger partial charge in [-0.3, -0.25) is 14.4 Å². The minimum absolute atomic E-state index is 0.0183. The molecule has 0 spiro atoms. The molecule has 2 aromatic rings. The second-order valence-electron chi connectivity index (χ2n) is 6.56. The van der Waals surface area contributed by atoms with Gasteiger partial charge >= 0.3 is 5.97 Å². The summed E-state index contributed by atoms with van der Waals surface area (Å²) in [6.07, 6.45) is 3.09.